The maximum atomic E-state index is 5.59. The molecule has 3 rings (SSSR count). The minimum atomic E-state index is 0.548. The Morgan fingerprint density at radius 2 is 2.16 bits per heavy atom. The Hall–Kier alpha value is -1.75. The summed E-state index contributed by atoms with van der Waals surface area (Å²) < 4.78 is 0. The zero-order chi connectivity index (χ0) is 13.2. The summed E-state index contributed by atoms with van der Waals surface area (Å²) in [6, 6.07) is 8.58. The van der Waals surface area contributed by atoms with Crippen molar-refractivity contribution in [3.8, 4) is 0 Å². The maximum Gasteiger partial charge on any atom is 0.226 e. The largest absolute Gasteiger partial charge is 0.393 e. The quantitative estimate of drug-likeness (QED) is 0.846. The van der Waals surface area contributed by atoms with E-state index >= 15 is 0 Å². The molecule has 1 heterocycles. The number of thiocarbonyl (C=S) groups is 1. The van der Waals surface area contributed by atoms with Crippen LogP contribution in [0.3, 0.4) is 0 Å². The third-order valence-corrected chi connectivity index (χ3v) is 3.52. The number of rotatable bonds is 5. The molecule has 0 spiro atoms. The number of nitrogens with zero attached hydrogens (tertiary/aromatic N) is 3. The van der Waals surface area contributed by atoms with Crippen molar-refractivity contribution in [1.82, 2.24) is 9.97 Å². The molecule has 2 aromatic rings. The average molecular weight is 272 g/mol. The molecular weight excluding hydrogens is 256 g/mol. The second-order valence-electron chi connectivity index (χ2n) is 4.87. The first-order valence-electron chi connectivity index (χ1n) is 6.51. The van der Waals surface area contributed by atoms with Crippen molar-refractivity contribution in [1.29, 1.82) is 0 Å². The van der Waals surface area contributed by atoms with Crippen molar-refractivity contribution in [2.24, 2.45) is 5.73 Å². The lowest BCUT2D eigenvalue weighted by atomic mass is 10.2. The average Bonchev–Trinajstić information content (AvgIpc) is 3.23. The van der Waals surface area contributed by atoms with Gasteiger partial charge in [-0.15, -0.1) is 0 Å². The summed E-state index contributed by atoms with van der Waals surface area (Å²) in [5.74, 6) is 0.789. The van der Waals surface area contributed by atoms with E-state index in [9.17, 15) is 0 Å². The van der Waals surface area contributed by atoms with E-state index in [1.54, 1.807) is 0 Å². The van der Waals surface area contributed by atoms with E-state index in [1.165, 1.54) is 12.8 Å². The number of aromatic nitrogens is 2. The first-order valence-corrected chi connectivity index (χ1v) is 6.91. The fraction of sp³-hybridized carbons (Fsp3) is 0.357. The van der Waals surface area contributed by atoms with Crippen molar-refractivity contribution >= 4 is 34.1 Å². The van der Waals surface area contributed by atoms with Crippen LogP contribution in [0, 0.1) is 0 Å². The summed E-state index contributed by atoms with van der Waals surface area (Å²) in [7, 11) is 0. The lowest BCUT2D eigenvalue weighted by molar-refractivity contribution is 0.770. The molecule has 98 valence electrons. The Balaban J connectivity index is 1.88. The van der Waals surface area contributed by atoms with Crippen LogP contribution in [0.5, 0.6) is 0 Å². The summed E-state index contributed by atoms with van der Waals surface area (Å²) in [6.07, 6.45) is 5.00. The van der Waals surface area contributed by atoms with Crippen molar-refractivity contribution in [3.63, 3.8) is 0 Å². The molecular formula is C14H16N4S. The van der Waals surface area contributed by atoms with Gasteiger partial charge in [-0.2, -0.15) is 0 Å². The highest BCUT2D eigenvalue weighted by Gasteiger charge is 2.30. The summed E-state index contributed by atoms with van der Waals surface area (Å²) >= 11 is 4.96. The molecule has 0 aliphatic heterocycles. The van der Waals surface area contributed by atoms with Crippen LogP contribution >= 0.6 is 12.2 Å². The standard InChI is InChI=1S/C14H16N4S/c15-13(19)7-8-18(11-5-6-11)14-16-9-10-3-1-2-4-12(10)17-14/h1-4,9,11H,5-8H2,(H2,15,19). The van der Waals surface area contributed by atoms with Gasteiger partial charge >= 0.3 is 0 Å². The second kappa shape index (κ2) is 5.09. The Labute approximate surface area is 117 Å². The van der Waals surface area contributed by atoms with Crippen LogP contribution in [-0.4, -0.2) is 27.5 Å². The van der Waals surface area contributed by atoms with E-state index < -0.39 is 0 Å². The van der Waals surface area contributed by atoms with Gasteiger partial charge in [-0.1, -0.05) is 30.4 Å². The van der Waals surface area contributed by atoms with Gasteiger partial charge in [-0.25, -0.2) is 9.97 Å². The van der Waals surface area contributed by atoms with E-state index in [1.807, 2.05) is 30.5 Å². The van der Waals surface area contributed by atoms with Gasteiger partial charge < -0.3 is 10.6 Å². The first-order chi connectivity index (χ1) is 9.24. The Morgan fingerprint density at radius 3 is 2.89 bits per heavy atom. The number of fused-ring (bicyclic) bond motifs is 1. The van der Waals surface area contributed by atoms with Gasteiger partial charge in [-0.3, -0.25) is 0 Å². The summed E-state index contributed by atoms with van der Waals surface area (Å²) in [6.45, 7) is 0.804. The summed E-state index contributed by atoms with van der Waals surface area (Å²) in [4.78, 5) is 11.9. The van der Waals surface area contributed by atoms with Gasteiger partial charge in [0.05, 0.1) is 10.5 Å². The highest BCUT2D eigenvalue weighted by molar-refractivity contribution is 7.80. The Morgan fingerprint density at radius 1 is 1.37 bits per heavy atom. The van der Waals surface area contributed by atoms with Crippen LogP contribution < -0.4 is 10.6 Å². The smallest absolute Gasteiger partial charge is 0.226 e. The number of anilines is 1. The van der Waals surface area contributed by atoms with Crippen molar-refractivity contribution < 1.29 is 0 Å². The molecule has 1 aliphatic rings. The van der Waals surface area contributed by atoms with Crippen LogP contribution in [0.1, 0.15) is 19.3 Å². The van der Waals surface area contributed by atoms with Gasteiger partial charge in [-0.05, 0) is 18.9 Å². The van der Waals surface area contributed by atoms with E-state index in [0.29, 0.717) is 17.5 Å². The summed E-state index contributed by atoms with van der Waals surface area (Å²) in [5, 5.41) is 1.07. The zero-order valence-corrected chi connectivity index (χ0v) is 11.4. The van der Waals surface area contributed by atoms with Crippen LogP contribution in [0.25, 0.3) is 10.9 Å². The fourth-order valence-corrected chi connectivity index (χ4v) is 2.25. The molecule has 1 aromatic heterocycles. The monoisotopic (exact) mass is 272 g/mol. The van der Waals surface area contributed by atoms with Crippen molar-refractivity contribution in [2.75, 3.05) is 11.4 Å². The van der Waals surface area contributed by atoms with Crippen molar-refractivity contribution in [2.45, 2.75) is 25.3 Å². The van der Waals surface area contributed by atoms with E-state index in [2.05, 4.69) is 14.9 Å². The molecule has 0 amide bonds. The third-order valence-electron chi connectivity index (χ3n) is 3.32. The van der Waals surface area contributed by atoms with Crippen LogP contribution in [-0.2, 0) is 0 Å². The lowest BCUT2D eigenvalue weighted by Crippen LogP contribution is -2.31. The molecule has 1 saturated carbocycles. The van der Waals surface area contributed by atoms with Crippen LogP contribution in [0.15, 0.2) is 30.5 Å². The van der Waals surface area contributed by atoms with Gasteiger partial charge in [0.15, 0.2) is 0 Å². The Kier molecular flexibility index (Phi) is 3.29. The van der Waals surface area contributed by atoms with E-state index in [4.69, 9.17) is 18.0 Å². The number of para-hydroxylation sites is 1. The zero-order valence-electron chi connectivity index (χ0n) is 10.6. The highest BCUT2D eigenvalue weighted by atomic mass is 32.1. The lowest BCUT2D eigenvalue weighted by Gasteiger charge is -2.22. The molecule has 1 aromatic carbocycles. The Bertz CT molecular complexity index is 609. The normalized spacial score (nSPS) is 14.5. The van der Waals surface area contributed by atoms with Crippen LogP contribution in [0.2, 0.25) is 0 Å². The second-order valence-corrected chi connectivity index (χ2v) is 5.39. The molecule has 5 heteroatoms. The molecule has 0 atom stereocenters. The third kappa shape index (κ3) is 2.81. The number of benzene rings is 1. The molecule has 0 saturated heterocycles. The van der Waals surface area contributed by atoms with Crippen molar-refractivity contribution in [3.05, 3.63) is 30.5 Å². The molecule has 0 radical (unpaired) electrons. The maximum absolute atomic E-state index is 5.59. The number of hydrogen-bond acceptors (Lipinski definition) is 4. The molecule has 1 fully saturated rings. The molecule has 0 unspecified atom stereocenters. The topological polar surface area (TPSA) is 55.0 Å². The van der Waals surface area contributed by atoms with Crippen LogP contribution in [0.4, 0.5) is 5.95 Å². The van der Waals surface area contributed by atoms with Gasteiger partial charge in [0.1, 0.15) is 0 Å². The van der Waals surface area contributed by atoms with E-state index in [-0.39, 0.29) is 0 Å². The number of hydrogen-bond donors (Lipinski definition) is 1. The minimum absolute atomic E-state index is 0.548. The molecule has 0 bridgehead atoms. The highest BCUT2D eigenvalue weighted by Crippen LogP contribution is 2.30. The van der Waals surface area contributed by atoms with Gasteiger partial charge in [0.25, 0.3) is 0 Å². The predicted molar refractivity (Wildman–Crippen MR) is 81.3 cm³/mol. The van der Waals surface area contributed by atoms with Gasteiger partial charge in [0.2, 0.25) is 5.95 Å². The minimum Gasteiger partial charge on any atom is -0.393 e. The molecule has 2 N–H and O–H groups in total. The first kappa shape index (κ1) is 12.3. The molecule has 19 heavy (non-hydrogen) atoms. The van der Waals surface area contributed by atoms with E-state index in [0.717, 1.165) is 23.4 Å². The molecule has 4 nitrogen and oxygen atoms in total. The SMILES string of the molecule is NC(=S)CCN(c1ncc2ccccc2n1)C1CC1. The molecule has 1 aliphatic carbocycles. The fourth-order valence-electron chi connectivity index (χ4n) is 2.16. The summed E-state index contributed by atoms with van der Waals surface area (Å²) in [5.41, 5.74) is 6.57. The predicted octanol–water partition coefficient (Wildman–Crippen LogP) is 2.27. The number of nitrogens with two attached hydrogens (primary N) is 1. The van der Waals surface area contributed by atoms with Gasteiger partial charge in [0, 0.05) is 30.6 Å².